The van der Waals surface area contributed by atoms with Crippen LogP contribution in [0.1, 0.15) is 33.6 Å². The molecule has 0 heteroatoms. The Morgan fingerprint density at radius 2 is 1.89 bits per heavy atom. The molecule has 1 radical (unpaired) electrons. The second kappa shape index (κ2) is 4.37. The fourth-order valence-electron chi connectivity index (χ4n) is 0.589. The zero-order valence-corrected chi connectivity index (χ0v) is 6.57. The van der Waals surface area contributed by atoms with E-state index in [1.165, 1.54) is 5.57 Å². The van der Waals surface area contributed by atoms with Crippen molar-refractivity contribution in [3.8, 4) is 0 Å². The van der Waals surface area contributed by atoms with Gasteiger partial charge in [-0.15, -0.1) is 0 Å². The maximum atomic E-state index is 5.47. The lowest BCUT2D eigenvalue weighted by molar-refractivity contribution is 0.969. The number of allylic oxidation sites excluding steroid dienone is 3. The van der Waals surface area contributed by atoms with Gasteiger partial charge < -0.3 is 0 Å². The average molecular weight is 123 g/mol. The number of hydrogen-bond acceptors (Lipinski definition) is 0. The van der Waals surface area contributed by atoms with Gasteiger partial charge >= 0.3 is 0 Å². The highest BCUT2D eigenvalue weighted by molar-refractivity contribution is 4.96. The fourth-order valence-corrected chi connectivity index (χ4v) is 0.589. The first-order valence-corrected chi connectivity index (χ1v) is 3.34. The van der Waals surface area contributed by atoms with Gasteiger partial charge in [0.15, 0.2) is 0 Å². The normalized spacial score (nSPS) is 8.78. The first kappa shape index (κ1) is 8.48. The molecule has 0 saturated carbocycles. The molecule has 0 unspecified atom stereocenters. The van der Waals surface area contributed by atoms with Crippen LogP contribution < -0.4 is 0 Å². The topological polar surface area (TPSA) is 0 Å². The Hall–Kier alpha value is -0.520. The van der Waals surface area contributed by atoms with Gasteiger partial charge in [0.05, 0.1) is 0 Å². The third-order valence-electron chi connectivity index (χ3n) is 1.09. The van der Waals surface area contributed by atoms with E-state index in [0.29, 0.717) is 0 Å². The summed E-state index contributed by atoms with van der Waals surface area (Å²) in [5.74, 6) is 0. The van der Waals surface area contributed by atoms with Gasteiger partial charge in [-0.1, -0.05) is 23.8 Å². The average Bonchev–Trinajstić information content (AvgIpc) is 1.63. The van der Waals surface area contributed by atoms with E-state index in [1.54, 1.807) is 0 Å². The van der Waals surface area contributed by atoms with Crippen molar-refractivity contribution in [1.29, 1.82) is 0 Å². The fraction of sp³-hybridized carbons (Fsp3) is 0.556. The van der Waals surface area contributed by atoms with Crippen LogP contribution in [0.2, 0.25) is 0 Å². The van der Waals surface area contributed by atoms with Crippen molar-refractivity contribution in [3.05, 3.63) is 23.8 Å². The standard InChI is InChI=1S/C9H15/c1-8(2)6-5-7-9(3)4/h1,7H,5-6H2,2-4H3. The molecule has 0 N–H and O–H groups in total. The van der Waals surface area contributed by atoms with E-state index in [4.69, 9.17) is 6.58 Å². The highest BCUT2D eigenvalue weighted by Gasteiger charge is 1.82. The van der Waals surface area contributed by atoms with Gasteiger partial charge in [-0.05, 0) is 33.6 Å². The van der Waals surface area contributed by atoms with Crippen LogP contribution in [0, 0.1) is 6.58 Å². The zero-order valence-electron chi connectivity index (χ0n) is 6.57. The predicted molar refractivity (Wildman–Crippen MR) is 42.2 cm³/mol. The molecule has 0 fully saturated rings. The lowest BCUT2D eigenvalue weighted by atomic mass is 10.1. The molecule has 0 aliphatic carbocycles. The van der Waals surface area contributed by atoms with E-state index < -0.39 is 0 Å². The Kier molecular flexibility index (Phi) is 4.12. The summed E-state index contributed by atoms with van der Waals surface area (Å²) >= 11 is 0. The summed E-state index contributed by atoms with van der Waals surface area (Å²) in [4.78, 5) is 0. The van der Waals surface area contributed by atoms with Gasteiger partial charge in [0, 0.05) is 0 Å². The maximum absolute atomic E-state index is 5.47. The molecule has 0 rings (SSSR count). The molecule has 0 nitrogen and oxygen atoms in total. The molecule has 0 spiro atoms. The number of rotatable bonds is 3. The van der Waals surface area contributed by atoms with Crippen LogP contribution in [0.4, 0.5) is 0 Å². The molecule has 0 aliphatic rings. The molecule has 0 aliphatic heterocycles. The van der Waals surface area contributed by atoms with Gasteiger partial charge in [-0.25, -0.2) is 0 Å². The van der Waals surface area contributed by atoms with Crippen molar-refractivity contribution in [2.24, 2.45) is 0 Å². The van der Waals surface area contributed by atoms with Gasteiger partial charge in [0.1, 0.15) is 0 Å². The summed E-state index contributed by atoms with van der Waals surface area (Å²) < 4.78 is 0. The van der Waals surface area contributed by atoms with Crippen molar-refractivity contribution in [1.82, 2.24) is 0 Å². The Balaban J connectivity index is 3.31. The van der Waals surface area contributed by atoms with E-state index in [0.717, 1.165) is 18.4 Å². The second-order valence-electron chi connectivity index (χ2n) is 2.67. The van der Waals surface area contributed by atoms with Crippen LogP contribution >= 0.6 is 0 Å². The Morgan fingerprint density at radius 1 is 1.33 bits per heavy atom. The summed E-state index contributed by atoms with van der Waals surface area (Å²) in [6, 6.07) is 0. The quantitative estimate of drug-likeness (QED) is 0.506. The molecular weight excluding hydrogens is 108 g/mol. The molecule has 0 heterocycles. The first-order chi connectivity index (χ1) is 4.13. The van der Waals surface area contributed by atoms with Gasteiger partial charge in [-0.3, -0.25) is 0 Å². The highest BCUT2D eigenvalue weighted by Crippen LogP contribution is 2.02. The van der Waals surface area contributed by atoms with Crippen LogP contribution in [-0.2, 0) is 0 Å². The third-order valence-corrected chi connectivity index (χ3v) is 1.09. The van der Waals surface area contributed by atoms with Crippen molar-refractivity contribution in [2.45, 2.75) is 33.6 Å². The van der Waals surface area contributed by atoms with Crippen LogP contribution in [0.3, 0.4) is 0 Å². The van der Waals surface area contributed by atoms with Gasteiger partial charge in [0.25, 0.3) is 0 Å². The largest absolute Gasteiger partial charge is 0.0856 e. The monoisotopic (exact) mass is 123 g/mol. The van der Waals surface area contributed by atoms with Crippen molar-refractivity contribution >= 4 is 0 Å². The van der Waals surface area contributed by atoms with E-state index >= 15 is 0 Å². The van der Waals surface area contributed by atoms with E-state index in [1.807, 2.05) is 6.92 Å². The number of hydrogen-bond donors (Lipinski definition) is 0. The summed E-state index contributed by atoms with van der Waals surface area (Å²) in [5, 5.41) is 0. The van der Waals surface area contributed by atoms with Crippen LogP contribution in [0.5, 0.6) is 0 Å². The second-order valence-corrected chi connectivity index (χ2v) is 2.67. The molecule has 0 bridgehead atoms. The zero-order chi connectivity index (χ0) is 7.28. The van der Waals surface area contributed by atoms with Crippen LogP contribution in [-0.4, -0.2) is 0 Å². The van der Waals surface area contributed by atoms with Gasteiger partial charge in [0.2, 0.25) is 0 Å². The van der Waals surface area contributed by atoms with E-state index in [2.05, 4.69) is 19.9 Å². The molecule has 9 heavy (non-hydrogen) atoms. The summed E-state index contributed by atoms with van der Waals surface area (Å²) in [5.41, 5.74) is 2.39. The van der Waals surface area contributed by atoms with Crippen molar-refractivity contribution in [3.63, 3.8) is 0 Å². The van der Waals surface area contributed by atoms with Crippen LogP contribution in [0.25, 0.3) is 0 Å². The lowest BCUT2D eigenvalue weighted by Gasteiger charge is -1.92. The highest BCUT2D eigenvalue weighted by atomic mass is 13.9. The van der Waals surface area contributed by atoms with Gasteiger partial charge in [-0.2, -0.15) is 0 Å². The summed E-state index contributed by atoms with van der Waals surface area (Å²) in [6.45, 7) is 11.6. The minimum atomic E-state index is 1.02. The Labute approximate surface area is 58.3 Å². The SMILES string of the molecule is [CH]=C(C)CCC=C(C)C. The molecule has 0 aromatic carbocycles. The predicted octanol–water partition coefficient (Wildman–Crippen LogP) is 3.11. The molecule has 0 amide bonds. The molecule has 0 aromatic heterocycles. The smallest absolute Gasteiger partial charge is 0.0285 e. The summed E-state index contributed by atoms with van der Waals surface area (Å²) in [7, 11) is 0. The third kappa shape index (κ3) is 7.48. The maximum Gasteiger partial charge on any atom is -0.0285 e. The molecule has 0 aromatic rings. The molecular formula is C9H15. The first-order valence-electron chi connectivity index (χ1n) is 3.34. The molecule has 51 valence electrons. The van der Waals surface area contributed by atoms with Crippen LogP contribution in [0.15, 0.2) is 17.2 Å². The molecule has 0 saturated heterocycles. The minimum Gasteiger partial charge on any atom is -0.0856 e. The lowest BCUT2D eigenvalue weighted by Crippen LogP contribution is -1.72. The Morgan fingerprint density at radius 3 is 2.22 bits per heavy atom. The van der Waals surface area contributed by atoms with Crippen molar-refractivity contribution < 1.29 is 0 Å². The minimum absolute atomic E-state index is 1.02. The van der Waals surface area contributed by atoms with E-state index in [-0.39, 0.29) is 0 Å². The molecule has 0 atom stereocenters. The van der Waals surface area contributed by atoms with Crippen molar-refractivity contribution in [2.75, 3.05) is 0 Å². The van der Waals surface area contributed by atoms with E-state index in [9.17, 15) is 0 Å². The summed E-state index contributed by atoms with van der Waals surface area (Å²) in [6.07, 6.45) is 4.31. The Bertz CT molecular complexity index is 114.